The molecule has 1 saturated carbocycles. The van der Waals surface area contributed by atoms with Crippen molar-refractivity contribution in [3.63, 3.8) is 0 Å². The summed E-state index contributed by atoms with van der Waals surface area (Å²) in [6.45, 7) is 0. The van der Waals surface area contributed by atoms with Crippen LogP contribution in [0.5, 0.6) is 0 Å². The molecule has 2 aromatic heterocycles. The molecule has 0 bridgehead atoms. The Kier molecular flexibility index (Phi) is 3.46. The number of anilines is 1. The van der Waals surface area contributed by atoms with E-state index < -0.39 is 0 Å². The lowest BCUT2D eigenvalue weighted by atomic mass is 9.95. The molecule has 19 heavy (non-hydrogen) atoms. The number of fused-ring (bicyclic) bond motifs is 1. The number of thioether (sulfide) groups is 1. The molecule has 2 heterocycles. The van der Waals surface area contributed by atoms with E-state index in [1.54, 1.807) is 6.07 Å². The molecule has 2 unspecified atom stereocenters. The van der Waals surface area contributed by atoms with Gasteiger partial charge in [0.05, 0.1) is 0 Å². The largest absolute Gasteiger partial charge is 0.367 e. The molecule has 1 fully saturated rings. The zero-order valence-corrected chi connectivity index (χ0v) is 11.6. The minimum atomic E-state index is -0.255. The molecule has 7 heteroatoms. The molecule has 0 radical (unpaired) electrons. The highest BCUT2D eigenvalue weighted by Crippen LogP contribution is 2.28. The van der Waals surface area contributed by atoms with Crippen LogP contribution in [-0.2, 0) is 0 Å². The number of hydrogen-bond donors (Lipinski definition) is 2. The van der Waals surface area contributed by atoms with Crippen LogP contribution in [-0.4, -0.2) is 37.1 Å². The van der Waals surface area contributed by atoms with Gasteiger partial charge in [-0.15, -0.1) is 0 Å². The number of H-pyrrole nitrogens is 1. The van der Waals surface area contributed by atoms with Gasteiger partial charge in [0.25, 0.3) is 0 Å². The summed E-state index contributed by atoms with van der Waals surface area (Å²) in [6, 6.07) is 2.27. The fraction of sp³-hybridized carbons (Fsp3) is 0.583. The maximum absolute atomic E-state index is 11.3. The van der Waals surface area contributed by atoms with Gasteiger partial charge in [-0.25, -0.2) is 19.3 Å². The number of nitrogens with zero attached hydrogens (tertiary/aromatic N) is 3. The van der Waals surface area contributed by atoms with E-state index in [1.165, 1.54) is 36.4 Å². The van der Waals surface area contributed by atoms with Crippen LogP contribution in [0.4, 0.5) is 5.82 Å². The van der Waals surface area contributed by atoms with Crippen LogP contribution in [0.2, 0.25) is 0 Å². The Bertz CT molecular complexity index is 622. The average molecular weight is 279 g/mol. The van der Waals surface area contributed by atoms with Gasteiger partial charge >= 0.3 is 5.69 Å². The summed E-state index contributed by atoms with van der Waals surface area (Å²) >= 11 is 1.94. The Labute approximate surface area is 115 Å². The highest BCUT2D eigenvalue weighted by molar-refractivity contribution is 7.99. The molecular formula is C12H17N5OS. The van der Waals surface area contributed by atoms with Crippen molar-refractivity contribution in [2.45, 2.75) is 37.0 Å². The smallest absolute Gasteiger partial charge is 0.348 e. The number of aromatic nitrogens is 4. The Morgan fingerprint density at radius 1 is 1.53 bits per heavy atom. The standard InChI is InChI=1S/C12H17N5OS/c1-19-9-4-2-3-8(5-9)14-10-6-11-15-16-12(18)17(11)7-13-10/h6-9,14H,2-5H2,1H3,(H,16,18). The van der Waals surface area contributed by atoms with E-state index in [9.17, 15) is 4.79 Å². The summed E-state index contributed by atoms with van der Waals surface area (Å²) in [6.07, 6.45) is 8.60. The molecule has 1 aliphatic carbocycles. The van der Waals surface area contributed by atoms with Crippen molar-refractivity contribution < 1.29 is 0 Å². The SMILES string of the molecule is CSC1CCCC(Nc2cc3n[nH]c(=O)n3cn2)C1. The van der Waals surface area contributed by atoms with Gasteiger partial charge in [0, 0.05) is 17.4 Å². The highest BCUT2D eigenvalue weighted by Gasteiger charge is 2.21. The van der Waals surface area contributed by atoms with Crippen LogP contribution in [0.25, 0.3) is 5.65 Å². The van der Waals surface area contributed by atoms with Gasteiger partial charge in [0.2, 0.25) is 0 Å². The Morgan fingerprint density at radius 3 is 3.26 bits per heavy atom. The van der Waals surface area contributed by atoms with Crippen LogP contribution < -0.4 is 11.0 Å². The highest BCUT2D eigenvalue weighted by atomic mass is 32.2. The molecule has 2 aromatic rings. The van der Waals surface area contributed by atoms with Gasteiger partial charge in [0.1, 0.15) is 12.1 Å². The summed E-state index contributed by atoms with van der Waals surface area (Å²) in [5.74, 6) is 0.790. The Hall–Kier alpha value is -1.50. The average Bonchev–Trinajstić information content (AvgIpc) is 2.80. The van der Waals surface area contributed by atoms with Crippen LogP contribution >= 0.6 is 11.8 Å². The quantitative estimate of drug-likeness (QED) is 0.890. The van der Waals surface area contributed by atoms with Gasteiger partial charge in [-0.3, -0.25) is 0 Å². The zero-order valence-electron chi connectivity index (χ0n) is 10.8. The van der Waals surface area contributed by atoms with Crippen molar-refractivity contribution in [2.75, 3.05) is 11.6 Å². The fourth-order valence-corrected chi connectivity index (χ4v) is 3.42. The van der Waals surface area contributed by atoms with Crippen LogP contribution in [0.1, 0.15) is 25.7 Å². The van der Waals surface area contributed by atoms with Crippen molar-refractivity contribution >= 4 is 23.2 Å². The topological polar surface area (TPSA) is 75.1 Å². The lowest BCUT2D eigenvalue weighted by Crippen LogP contribution is -2.29. The third-order valence-electron chi connectivity index (χ3n) is 3.62. The van der Waals surface area contributed by atoms with Crippen LogP contribution in [0.15, 0.2) is 17.2 Å². The molecule has 0 amide bonds. The van der Waals surface area contributed by atoms with E-state index in [0.717, 1.165) is 11.1 Å². The number of nitrogens with one attached hydrogen (secondary N) is 2. The monoisotopic (exact) mass is 279 g/mol. The summed E-state index contributed by atoms with van der Waals surface area (Å²) in [4.78, 5) is 15.6. The normalized spacial score (nSPS) is 23.6. The van der Waals surface area contributed by atoms with Gasteiger partial charge in [-0.2, -0.15) is 16.9 Å². The molecule has 0 aromatic carbocycles. The number of hydrogen-bond acceptors (Lipinski definition) is 5. The lowest BCUT2D eigenvalue weighted by Gasteiger charge is -2.28. The molecule has 0 spiro atoms. The predicted octanol–water partition coefficient (Wildman–Crippen LogP) is 1.50. The fourth-order valence-electron chi connectivity index (χ4n) is 2.59. The van der Waals surface area contributed by atoms with E-state index in [1.807, 2.05) is 11.8 Å². The van der Waals surface area contributed by atoms with E-state index in [-0.39, 0.29) is 5.69 Å². The maximum atomic E-state index is 11.3. The van der Waals surface area contributed by atoms with Gasteiger partial charge in [-0.1, -0.05) is 6.42 Å². The Morgan fingerprint density at radius 2 is 2.42 bits per heavy atom. The summed E-state index contributed by atoms with van der Waals surface area (Å²) < 4.78 is 1.40. The molecule has 6 nitrogen and oxygen atoms in total. The second-order valence-corrected chi connectivity index (χ2v) is 6.03. The van der Waals surface area contributed by atoms with Crippen molar-refractivity contribution in [1.29, 1.82) is 0 Å². The minimum Gasteiger partial charge on any atom is -0.367 e. The molecule has 3 rings (SSSR count). The summed E-state index contributed by atoms with van der Waals surface area (Å²) in [5, 5.41) is 10.5. The number of rotatable bonds is 3. The number of aromatic amines is 1. The van der Waals surface area contributed by atoms with E-state index in [0.29, 0.717) is 11.7 Å². The molecule has 0 saturated heterocycles. The first-order valence-corrected chi connectivity index (χ1v) is 7.77. The lowest BCUT2D eigenvalue weighted by molar-refractivity contribution is 0.472. The first-order chi connectivity index (χ1) is 9.26. The van der Waals surface area contributed by atoms with Gasteiger partial charge in [-0.05, 0) is 25.5 Å². The third-order valence-corrected chi connectivity index (χ3v) is 4.72. The molecule has 2 atom stereocenters. The summed E-state index contributed by atoms with van der Waals surface area (Å²) in [7, 11) is 0. The van der Waals surface area contributed by atoms with Crippen molar-refractivity contribution in [2.24, 2.45) is 0 Å². The van der Waals surface area contributed by atoms with Crippen molar-refractivity contribution in [1.82, 2.24) is 19.6 Å². The van der Waals surface area contributed by atoms with Crippen LogP contribution in [0, 0.1) is 0 Å². The maximum Gasteiger partial charge on any atom is 0.348 e. The molecular weight excluding hydrogens is 262 g/mol. The first kappa shape index (κ1) is 12.5. The first-order valence-electron chi connectivity index (χ1n) is 6.48. The molecule has 2 N–H and O–H groups in total. The van der Waals surface area contributed by atoms with Crippen LogP contribution in [0.3, 0.4) is 0 Å². The second-order valence-electron chi connectivity index (χ2n) is 4.90. The van der Waals surface area contributed by atoms with Crippen molar-refractivity contribution in [3.8, 4) is 0 Å². The van der Waals surface area contributed by atoms with Gasteiger partial charge < -0.3 is 5.32 Å². The second kappa shape index (κ2) is 5.24. The third kappa shape index (κ3) is 2.60. The Balaban J connectivity index is 1.75. The molecule has 102 valence electrons. The minimum absolute atomic E-state index is 0.255. The van der Waals surface area contributed by atoms with E-state index in [4.69, 9.17) is 0 Å². The molecule has 0 aliphatic heterocycles. The van der Waals surface area contributed by atoms with Crippen molar-refractivity contribution in [3.05, 3.63) is 22.9 Å². The van der Waals surface area contributed by atoms with E-state index >= 15 is 0 Å². The van der Waals surface area contributed by atoms with Gasteiger partial charge in [0.15, 0.2) is 5.65 Å². The zero-order chi connectivity index (χ0) is 13.2. The van der Waals surface area contributed by atoms with E-state index in [2.05, 4.69) is 26.8 Å². The summed E-state index contributed by atoms with van der Waals surface area (Å²) in [5.41, 5.74) is 0.342. The predicted molar refractivity (Wildman–Crippen MR) is 76.8 cm³/mol. The molecule has 1 aliphatic rings.